The Kier molecular flexibility index (Phi) is 8.32. The van der Waals surface area contributed by atoms with Crippen molar-refractivity contribution in [2.75, 3.05) is 32.7 Å². The van der Waals surface area contributed by atoms with Crippen molar-refractivity contribution in [3.05, 3.63) is 34.9 Å². The number of hydrogen-bond donors (Lipinski definition) is 1. The molecular formula is C21H30ClN3O4. The molecule has 1 aromatic rings. The Morgan fingerprint density at radius 3 is 2.34 bits per heavy atom. The summed E-state index contributed by atoms with van der Waals surface area (Å²) in [5.41, 5.74) is 0.313. The predicted molar refractivity (Wildman–Crippen MR) is 112 cm³/mol. The summed E-state index contributed by atoms with van der Waals surface area (Å²) >= 11 is 5.98. The van der Waals surface area contributed by atoms with Gasteiger partial charge in [0.15, 0.2) is 0 Å². The van der Waals surface area contributed by atoms with Crippen LogP contribution >= 0.6 is 11.6 Å². The Morgan fingerprint density at radius 1 is 1.07 bits per heavy atom. The van der Waals surface area contributed by atoms with Gasteiger partial charge >= 0.3 is 6.09 Å². The molecule has 1 aromatic carbocycles. The molecule has 8 heteroatoms. The third kappa shape index (κ3) is 8.31. The maximum atomic E-state index is 12.6. The molecule has 1 N–H and O–H groups in total. The Bertz CT molecular complexity index is 733. The van der Waals surface area contributed by atoms with Crippen molar-refractivity contribution >= 4 is 29.5 Å². The summed E-state index contributed by atoms with van der Waals surface area (Å²) in [6, 6.07) is 7.29. The average molecular weight is 424 g/mol. The van der Waals surface area contributed by atoms with Crippen LogP contribution < -0.4 is 5.32 Å². The Labute approximate surface area is 177 Å². The number of halogens is 1. The van der Waals surface area contributed by atoms with E-state index in [0.29, 0.717) is 37.6 Å². The largest absolute Gasteiger partial charge is 0.444 e. The maximum Gasteiger partial charge on any atom is 0.407 e. The van der Waals surface area contributed by atoms with E-state index >= 15 is 0 Å². The highest BCUT2D eigenvalue weighted by Crippen LogP contribution is 2.13. The van der Waals surface area contributed by atoms with Crippen molar-refractivity contribution in [3.8, 4) is 0 Å². The van der Waals surface area contributed by atoms with E-state index < -0.39 is 11.7 Å². The van der Waals surface area contributed by atoms with Gasteiger partial charge in [-0.05, 0) is 44.9 Å². The molecule has 3 amide bonds. The molecule has 0 aromatic heterocycles. The molecule has 0 atom stereocenters. The van der Waals surface area contributed by atoms with Crippen molar-refractivity contribution in [2.24, 2.45) is 0 Å². The van der Waals surface area contributed by atoms with Crippen molar-refractivity contribution in [2.45, 2.75) is 45.6 Å². The first-order valence-electron chi connectivity index (χ1n) is 9.91. The minimum Gasteiger partial charge on any atom is -0.444 e. The number of alkyl carbamates (subject to hydrolysis) is 1. The average Bonchev–Trinajstić information content (AvgIpc) is 2.86. The van der Waals surface area contributed by atoms with E-state index in [-0.39, 0.29) is 24.8 Å². The number of benzene rings is 1. The van der Waals surface area contributed by atoms with Crippen LogP contribution in [0.1, 0.15) is 39.2 Å². The van der Waals surface area contributed by atoms with Gasteiger partial charge in [0.2, 0.25) is 11.8 Å². The Hall–Kier alpha value is -2.28. The van der Waals surface area contributed by atoms with Crippen LogP contribution in [0.4, 0.5) is 4.79 Å². The molecule has 1 aliphatic rings. The Morgan fingerprint density at radius 2 is 1.72 bits per heavy atom. The second-order valence-corrected chi connectivity index (χ2v) is 8.54. The monoisotopic (exact) mass is 423 g/mol. The zero-order valence-electron chi connectivity index (χ0n) is 17.4. The van der Waals surface area contributed by atoms with E-state index in [1.54, 1.807) is 42.7 Å². The summed E-state index contributed by atoms with van der Waals surface area (Å²) in [5, 5.41) is 3.21. The molecule has 1 heterocycles. The number of rotatable bonds is 5. The molecule has 2 rings (SSSR count). The van der Waals surface area contributed by atoms with Gasteiger partial charge in [-0.3, -0.25) is 9.59 Å². The summed E-state index contributed by atoms with van der Waals surface area (Å²) in [6.45, 7) is 7.81. The summed E-state index contributed by atoms with van der Waals surface area (Å²) in [4.78, 5) is 40.2. The van der Waals surface area contributed by atoms with Crippen LogP contribution in [0.25, 0.3) is 0 Å². The van der Waals surface area contributed by atoms with Crippen LogP contribution in [0.3, 0.4) is 0 Å². The van der Waals surface area contributed by atoms with E-state index in [1.807, 2.05) is 12.1 Å². The highest BCUT2D eigenvalue weighted by atomic mass is 35.5. The van der Waals surface area contributed by atoms with E-state index in [1.165, 1.54) is 0 Å². The number of nitrogens with one attached hydrogen (secondary N) is 1. The molecule has 0 saturated carbocycles. The van der Waals surface area contributed by atoms with Crippen molar-refractivity contribution in [1.82, 2.24) is 15.1 Å². The van der Waals surface area contributed by atoms with Crippen LogP contribution in [0, 0.1) is 0 Å². The SMILES string of the molecule is CC(C)(C)OC(=O)NCCC(=O)N1CCCN(C(=O)Cc2cccc(Cl)c2)CC1. The number of nitrogens with zero attached hydrogens (tertiary/aromatic N) is 2. The smallest absolute Gasteiger partial charge is 0.407 e. The lowest BCUT2D eigenvalue weighted by atomic mass is 10.1. The van der Waals surface area contributed by atoms with Crippen LogP contribution in [0.2, 0.25) is 5.02 Å². The quantitative estimate of drug-likeness (QED) is 0.789. The van der Waals surface area contributed by atoms with E-state index in [9.17, 15) is 14.4 Å². The molecule has 1 saturated heterocycles. The molecule has 0 spiro atoms. The van der Waals surface area contributed by atoms with Gasteiger partial charge in [0.1, 0.15) is 5.60 Å². The number of amides is 3. The van der Waals surface area contributed by atoms with Crippen LogP contribution in [0.15, 0.2) is 24.3 Å². The van der Waals surface area contributed by atoms with Crippen LogP contribution in [-0.2, 0) is 20.7 Å². The first kappa shape index (κ1) is 23.0. The summed E-state index contributed by atoms with van der Waals surface area (Å²) in [6.07, 6.45) is 0.704. The van der Waals surface area contributed by atoms with E-state index in [2.05, 4.69) is 5.32 Å². The minimum absolute atomic E-state index is 0.0353. The number of ether oxygens (including phenoxy) is 1. The second-order valence-electron chi connectivity index (χ2n) is 8.10. The van der Waals surface area contributed by atoms with Gasteiger partial charge in [-0.15, -0.1) is 0 Å². The van der Waals surface area contributed by atoms with Gasteiger partial charge in [0, 0.05) is 44.2 Å². The number of hydrogen-bond acceptors (Lipinski definition) is 4. The predicted octanol–water partition coefficient (Wildman–Crippen LogP) is 2.86. The maximum absolute atomic E-state index is 12.6. The zero-order chi connectivity index (χ0) is 21.4. The molecule has 0 unspecified atom stereocenters. The molecule has 0 bridgehead atoms. The minimum atomic E-state index is -0.569. The molecule has 160 valence electrons. The first-order valence-corrected chi connectivity index (χ1v) is 10.3. The Balaban J connectivity index is 1.76. The molecule has 0 radical (unpaired) electrons. The van der Waals surface area contributed by atoms with Gasteiger partial charge in [-0.2, -0.15) is 0 Å². The second kappa shape index (κ2) is 10.5. The molecule has 7 nitrogen and oxygen atoms in total. The lowest BCUT2D eigenvalue weighted by molar-refractivity contribution is -0.133. The number of carbonyl (C=O) groups is 3. The molecule has 29 heavy (non-hydrogen) atoms. The summed E-state index contributed by atoms with van der Waals surface area (Å²) < 4.78 is 5.15. The van der Waals surface area contributed by atoms with Crippen molar-refractivity contribution < 1.29 is 19.1 Å². The normalized spacial score (nSPS) is 14.9. The third-order valence-electron chi connectivity index (χ3n) is 4.45. The van der Waals surface area contributed by atoms with Crippen molar-refractivity contribution in [1.29, 1.82) is 0 Å². The molecule has 0 aliphatic carbocycles. The fraction of sp³-hybridized carbons (Fsp3) is 0.571. The van der Waals surface area contributed by atoms with Crippen LogP contribution in [0.5, 0.6) is 0 Å². The summed E-state index contributed by atoms with van der Waals surface area (Å²) in [7, 11) is 0. The van der Waals surface area contributed by atoms with Gasteiger partial charge in [0.25, 0.3) is 0 Å². The molecule has 1 aliphatic heterocycles. The highest BCUT2D eigenvalue weighted by molar-refractivity contribution is 6.30. The van der Waals surface area contributed by atoms with E-state index in [4.69, 9.17) is 16.3 Å². The van der Waals surface area contributed by atoms with Crippen molar-refractivity contribution in [3.63, 3.8) is 0 Å². The van der Waals surface area contributed by atoms with Crippen LogP contribution in [-0.4, -0.2) is 66.0 Å². The zero-order valence-corrected chi connectivity index (χ0v) is 18.1. The van der Waals surface area contributed by atoms with Gasteiger partial charge in [-0.1, -0.05) is 23.7 Å². The topological polar surface area (TPSA) is 79.0 Å². The van der Waals surface area contributed by atoms with Gasteiger partial charge < -0.3 is 19.9 Å². The lowest BCUT2D eigenvalue weighted by Crippen LogP contribution is -2.39. The lowest BCUT2D eigenvalue weighted by Gasteiger charge is -2.23. The van der Waals surface area contributed by atoms with E-state index in [0.717, 1.165) is 12.0 Å². The standard InChI is InChI=1S/C21H30ClN3O4/c1-21(2,3)29-20(28)23-9-8-18(26)24-10-5-11-25(13-12-24)19(27)15-16-6-4-7-17(22)14-16/h4,6-7,14H,5,8-13,15H2,1-3H3,(H,23,28). The molecular weight excluding hydrogens is 394 g/mol. The number of carbonyl (C=O) groups excluding carboxylic acids is 3. The summed E-state index contributed by atoms with van der Waals surface area (Å²) in [5.74, 6) is -0.00152. The fourth-order valence-electron chi connectivity index (χ4n) is 3.09. The van der Waals surface area contributed by atoms with Gasteiger partial charge in [0.05, 0.1) is 6.42 Å². The first-order chi connectivity index (χ1) is 13.6. The van der Waals surface area contributed by atoms with Gasteiger partial charge in [-0.25, -0.2) is 4.79 Å². The highest BCUT2D eigenvalue weighted by Gasteiger charge is 2.22. The molecule has 1 fully saturated rings. The fourth-order valence-corrected chi connectivity index (χ4v) is 3.31. The third-order valence-corrected chi connectivity index (χ3v) is 4.69.